The summed E-state index contributed by atoms with van der Waals surface area (Å²) in [6, 6.07) is 0. The molecular weight excluding hydrogens is 136 g/mol. The van der Waals surface area contributed by atoms with Crippen LogP contribution in [0.15, 0.2) is 0 Å². The SMILES string of the molecule is CC(C)(C=O)C1CCCCC1. The Hall–Kier alpha value is -0.330. The molecule has 0 atom stereocenters. The predicted molar refractivity (Wildman–Crippen MR) is 46.4 cm³/mol. The maximum atomic E-state index is 10.7. The van der Waals surface area contributed by atoms with E-state index in [1.807, 2.05) is 0 Å². The number of carbonyl (C=O) groups is 1. The van der Waals surface area contributed by atoms with Crippen molar-refractivity contribution in [2.75, 3.05) is 0 Å². The van der Waals surface area contributed by atoms with Crippen molar-refractivity contribution in [2.45, 2.75) is 46.0 Å². The van der Waals surface area contributed by atoms with Crippen LogP contribution < -0.4 is 0 Å². The normalized spacial score (nSPS) is 21.6. The number of carbonyl (C=O) groups excluding carboxylic acids is 1. The Bertz CT molecular complexity index is 132. The van der Waals surface area contributed by atoms with Crippen LogP contribution in [0.3, 0.4) is 0 Å². The van der Waals surface area contributed by atoms with E-state index in [2.05, 4.69) is 13.8 Å². The topological polar surface area (TPSA) is 17.1 Å². The van der Waals surface area contributed by atoms with Crippen molar-refractivity contribution in [2.24, 2.45) is 11.3 Å². The zero-order valence-corrected chi connectivity index (χ0v) is 7.60. The van der Waals surface area contributed by atoms with Gasteiger partial charge in [-0.2, -0.15) is 0 Å². The summed E-state index contributed by atoms with van der Waals surface area (Å²) in [6.07, 6.45) is 7.65. The van der Waals surface area contributed by atoms with Crippen LogP contribution in [0.2, 0.25) is 0 Å². The molecule has 0 amide bonds. The molecule has 1 heteroatoms. The van der Waals surface area contributed by atoms with E-state index in [-0.39, 0.29) is 5.41 Å². The van der Waals surface area contributed by atoms with Gasteiger partial charge in [-0.05, 0) is 18.8 Å². The van der Waals surface area contributed by atoms with Gasteiger partial charge in [-0.3, -0.25) is 0 Å². The van der Waals surface area contributed by atoms with Crippen molar-refractivity contribution in [1.29, 1.82) is 0 Å². The summed E-state index contributed by atoms with van der Waals surface area (Å²) in [7, 11) is 0. The molecule has 0 aromatic rings. The van der Waals surface area contributed by atoms with Crippen molar-refractivity contribution < 1.29 is 4.79 Å². The predicted octanol–water partition coefficient (Wildman–Crippen LogP) is 2.79. The lowest BCUT2D eigenvalue weighted by atomic mass is 9.72. The maximum Gasteiger partial charge on any atom is 0.125 e. The molecule has 0 saturated heterocycles. The molecule has 0 bridgehead atoms. The summed E-state index contributed by atoms with van der Waals surface area (Å²) >= 11 is 0. The fourth-order valence-electron chi connectivity index (χ4n) is 1.94. The quantitative estimate of drug-likeness (QED) is 0.559. The van der Waals surface area contributed by atoms with Gasteiger partial charge in [0.15, 0.2) is 0 Å². The fraction of sp³-hybridized carbons (Fsp3) is 0.900. The number of rotatable bonds is 2. The molecule has 11 heavy (non-hydrogen) atoms. The van der Waals surface area contributed by atoms with Crippen LogP contribution in [0.25, 0.3) is 0 Å². The number of hydrogen-bond donors (Lipinski definition) is 0. The van der Waals surface area contributed by atoms with Gasteiger partial charge in [-0.1, -0.05) is 33.1 Å². The van der Waals surface area contributed by atoms with Crippen molar-refractivity contribution in [3.63, 3.8) is 0 Å². The number of hydrogen-bond acceptors (Lipinski definition) is 1. The highest BCUT2D eigenvalue weighted by molar-refractivity contribution is 5.58. The highest BCUT2D eigenvalue weighted by Crippen LogP contribution is 2.36. The minimum absolute atomic E-state index is 0.0690. The molecule has 1 fully saturated rings. The lowest BCUT2D eigenvalue weighted by Gasteiger charge is -2.32. The molecule has 1 aliphatic rings. The Kier molecular flexibility index (Phi) is 2.69. The second kappa shape index (κ2) is 3.38. The van der Waals surface area contributed by atoms with E-state index in [0.717, 1.165) is 6.29 Å². The van der Waals surface area contributed by atoms with E-state index in [1.54, 1.807) is 0 Å². The summed E-state index contributed by atoms with van der Waals surface area (Å²) in [4.78, 5) is 10.7. The van der Waals surface area contributed by atoms with Crippen molar-refractivity contribution in [3.8, 4) is 0 Å². The van der Waals surface area contributed by atoms with Crippen LogP contribution >= 0.6 is 0 Å². The molecule has 0 spiro atoms. The van der Waals surface area contributed by atoms with E-state index >= 15 is 0 Å². The van der Waals surface area contributed by atoms with Gasteiger partial charge in [0.05, 0.1) is 0 Å². The average molecular weight is 154 g/mol. The van der Waals surface area contributed by atoms with Crippen molar-refractivity contribution in [3.05, 3.63) is 0 Å². The maximum absolute atomic E-state index is 10.7. The lowest BCUT2D eigenvalue weighted by Crippen LogP contribution is -2.27. The first-order chi connectivity index (χ1) is 5.17. The number of aldehydes is 1. The van der Waals surface area contributed by atoms with E-state index < -0.39 is 0 Å². The molecule has 0 heterocycles. The van der Waals surface area contributed by atoms with Gasteiger partial charge in [-0.15, -0.1) is 0 Å². The molecule has 1 rings (SSSR count). The summed E-state index contributed by atoms with van der Waals surface area (Å²) in [6.45, 7) is 4.13. The first kappa shape index (κ1) is 8.76. The zero-order valence-electron chi connectivity index (χ0n) is 7.60. The third-order valence-electron chi connectivity index (χ3n) is 2.96. The van der Waals surface area contributed by atoms with E-state index in [9.17, 15) is 4.79 Å². The first-order valence-corrected chi connectivity index (χ1v) is 4.63. The van der Waals surface area contributed by atoms with Crippen LogP contribution in [0.5, 0.6) is 0 Å². The molecule has 0 N–H and O–H groups in total. The highest BCUT2D eigenvalue weighted by Gasteiger charge is 2.29. The standard InChI is InChI=1S/C10H18O/c1-10(2,8-11)9-6-4-3-5-7-9/h8-9H,3-7H2,1-2H3. The second-order valence-corrected chi connectivity index (χ2v) is 4.27. The summed E-state index contributed by atoms with van der Waals surface area (Å²) in [5.74, 6) is 0.647. The minimum Gasteiger partial charge on any atom is -0.303 e. The Balaban J connectivity index is 2.50. The van der Waals surface area contributed by atoms with Gasteiger partial charge in [-0.25, -0.2) is 0 Å². The molecule has 0 aliphatic heterocycles. The Morgan fingerprint density at radius 3 is 2.18 bits per heavy atom. The molecule has 1 nitrogen and oxygen atoms in total. The molecule has 0 aromatic carbocycles. The lowest BCUT2D eigenvalue weighted by molar-refractivity contribution is -0.117. The Morgan fingerprint density at radius 1 is 1.18 bits per heavy atom. The second-order valence-electron chi connectivity index (χ2n) is 4.27. The Morgan fingerprint density at radius 2 is 1.73 bits per heavy atom. The van der Waals surface area contributed by atoms with Crippen molar-refractivity contribution >= 4 is 6.29 Å². The molecule has 64 valence electrons. The molecule has 1 saturated carbocycles. The third-order valence-corrected chi connectivity index (χ3v) is 2.96. The Labute approximate surface area is 69.2 Å². The molecule has 1 aliphatic carbocycles. The van der Waals surface area contributed by atoms with Gasteiger partial charge in [0.2, 0.25) is 0 Å². The van der Waals surface area contributed by atoms with Gasteiger partial charge in [0, 0.05) is 5.41 Å². The van der Waals surface area contributed by atoms with Crippen LogP contribution in [0.4, 0.5) is 0 Å². The smallest absolute Gasteiger partial charge is 0.125 e. The third kappa shape index (κ3) is 2.05. The molecule has 0 radical (unpaired) electrons. The van der Waals surface area contributed by atoms with Crippen LogP contribution in [-0.4, -0.2) is 6.29 Å². The monoisotopic (exact) mass is 154 g/mol. The molecule has 0 aromatic heterocycles. The van der Waals surface area contributed by atoms with Gasteiger partial charge in [0.1, 0.15) is 6.29 Å². The van der Waals surface area contributed by atoms with E-state index in [0.29, 0.717) is 5.92 Å². The van der Waals surface area contributed by atoms with Gasteiger partial charge in [0.25, 0.3) is 0 Å². The molecular formula is C10H18O. The fourth-order valence-corrected chi connectivity index (χ4v) is 1.94. The first-order valence-electron chi connectivity index (χ1n) is 4.63. The van der Waals surface area contributed by atoms with Crippen LogP contribution in [0, 0.1) is 11.3 Å². The van der Waals surface area contributed by atoms with Gasteiger partial charge < -0.3 is 4.79 Å². The zero-order chi connectivity index (χ0) is 8.32. The highest BCUT2D eigenvalue weighted by atomic mass is 16.1. The summed E-state index contributed by atoms with van der Waals surface area (Å²) < 4.78 is 0. The summed E-state index contributed by atoms with van der Waals surface area (Å²) in [5.41, 5.74) is -0.0690. The van der Waals surface area contributed by atoms with E-state index in [1.165, 1.54) is 32.1 Å². The minimum atomic E-state index is -0.0690. The molecule has 0 unspecified atom stereocenters. The van der Waals surface area contributed by atoms with Crippen LogP contribution in [0.1, 0.15) is 46.0 Å². The summed E-state index contributed by atoms with van der Waals surface area (Å²) in [5, 5.41) is 0. The van der Waals surface area contributed by atoms with Crippen molar-refractivity contribution in [1.82, 2.24) is 0 Å². The largest absolute Gasteiger partial charge is 0.303 e. The average Bonchev–Trinajstić information content (AvgIpc) is 2.06. The van der Waals surface area contributed by atoms with Gasteiger partial charge >= 0.3 is 0 Å². The van der Waals surface area contributed by atoms with E-state index in [4.69, 9.17) is 0 Å². The van der Waals surface area contributed by atoms with Crippen LogP contribution in [-0.2, 0) is 4.79 Å².